The number of benzene rings is 2. The quantitative estimate of drug-likeness (QED) is 0.684. The van der Waals surface area contributed by atoms with Gasteiger partial charge in [0.1, 0.15) is 5.75 Å². The van der Waals surface area contributed by atoms with Gasteiger partial charge in [-0.2, -0.15) is 0 Å². The van der Waals surface area contributed by atoms with E-state index < -0.39 is 0 Å². The Kier molecular flexibility index (Phi) is 5.81. The lowest BCUT2D eigenvalue weighted by Gasteiger charge is -2.15. The van der Waals surface area contributed by atoms with Crippen molar-refractivity contribution in [2.75, 3.05) is 13.7 Å². The molecule has 3 heteroatoms. The number of nitrogens with one attached hydrogen (secondary N) is 1. The normalized spacial score (nSPS) is 11.9. The molecule has 1 aromatic heterocycles. The maximum absolute atomic E-state index is 5.46. The highest BCUT2D eigenvalue weighted by Crippen LogP contribution is 2.30. The number of nitrogens with zero attached hydrogens (tertiary/aromatic N) is 1. The summed E-state index contributed by atoms with van der Waals surface area (Å²) in [5, 5.41) is 3.58. The van der Waals surface area contributed by atoms with Crippen LogP contribution in [0.1, 0.15) is 24.1 Å². The van der Waals surface area contributed by atoms with Gasteiger partial charge in [0, 0.05) is 24.0 Å². The van der Waals surface area contributed by atoms with Crippen molar-refractivity contribution in [2.24, 2.45) is 0 Å². The van der Waals surface area contributed by atoms with Crippen LogP contribution in [0.25, 0.3) is 11.1 Å². The summed E-state index contributed by atoms with van der Waals surface area (Å²) in [6.45, 7) is 3.13. The highest BCUT2D eigenvalue weighted by atomic mass is 16.5. The second-order valence-corrected chi connectivity index (χ2v) is 6.11. The van der Waals surface area contributed by atoms with Crippen LogP contribution in [-0.2, 0) is 6.42 Å². The summed E-state index contributed by atoms with van der Waals surface area (Å²) < 4.78 is 5.46. The topological polar surface area (TPSA) is 34.1 Å². The molecule has 3 rings (SSSR count). The Morgan fingerprint density at radius 1 is 1.00 bits per heavy atom. The van der Waals surface area contributed by atoms with Crippen LogP contribution in [0.3, 0.4) is 0 Å². The van der Waals surface area contributed by atoms with E-state index in [4.69, 9.17) is 4.74 Å². The molecule has 0 amide bonds. The minimum absolute atomic E-state index is 0.309. The zero-order valence-electron chi connectivity index (χ0n) is 14.8. The summed E-state index contributed by atoms with van der Waals surface area (Å²) in [7, 11) is 1.71. The second kappa shape index (κ2) is 8.45. The van der Waals surface area contributed by atoms with Gasteiger partial charge in [0.15, 0.2) is 0 Å². The molecule has 0 saturated carbocycles. The highest BCUT2D eigenvalue weighted by molar-refractivity contribution is 5.70. The Morgan fingerprint density at radius 2 is 1.80 bits per heavy atom. The number of rotatable bonds is 7. The molecule has 3 aromatic rings. The van der Waals surface area contributed by atoms with E-state index in [-0.39, 0.29) is 0 Å². The highest BCUT2D eigenvalue weighted by Gasteiger charge is 2.08. The molecule has 0 aliphatic carbocycles. The molecule has 3 nitrogen and oxygen atoms in total. The first-order chi connectivity index (χ1) is 12.3. The third-order valence-corrected chi connectivity index (χ3v) is 4.42. The Balaban J connectivity index is 1.61. The lowest BCUT2D eigenvalue weighted by Crippen LogP contribution is -2.21. The van der Waals surface area contributed by atoms with Crippen molar-refractivity contribution in [1.29, 1.82) is 0 Å². The van der Waals surface area contributed by atoms with Gasteiger partial charge >= 0.3 is 0 Å². The van der Waals surface area contributed by atoms with E-state index in [1.54, 1.807) is 7.11 Å². The minimum atomic E-state index is 0.309. The van der Waals surface area contributed by atoms with Crippen molar-refractivity contribution >= 4 is 0 Å². The lowest BCUT2D eigenvalue weighted by molar-refractivity contribution is 0.416. The Labute approximate surface area is 149 Å². The number of methoxy groups -OCH3 is 1. The molecule has 0 bridgehead atoms. The number of hydrogen-bond donors (Lipinski definition) is 1. The third-order valence-electron chi connectivity index (χ3n) is 4.42. The van der Waals surface area contributed by atoms with Crippen LogP contribution in [0.5, 0.6) is 5.75 Å². The van der Waals surface area contributed by atoms with Crippen molar-refractivity contribution in [3.05, 3.63) is 84.2 Å². The monoisotopic (exact) mass is 332 g/mol. The molecule has 2 aromatic carbocycles. The summed E-state index contributed by atoms with van der Waals surface area (Å²) >= 11 is 0. The van der Waals surface area contributed by atoms with E-state index in [9.17, 15) is 0 Å². The molecule has 1 unspecified atom stereocenters. The SMILES string of the molecule is COc1ccccc1-c1ccc(C(C)NCCc2cccnc2)cc1. The van der Waals surface area contributed by atoms with E-state index in [2.05, 4.69) is 53.6 Å². The zero-order chi connectivity index (χ0) is 17.5. The molecule has 0 saturated heterocycles. The van der Waals surface area contributed by atoms with Crippen LogP contribution >= 0.6 is 0 Å². The molecular weight excluding hydrogens is 308 g/mol. The second-order valence-electron chi connectivity index (χ2n) is 6.11. The van der Waals surface area contributed by atoms with E-state index in [1.165, 1.54) is 16.7 Å². The smallest absolute Gasteiger partial charge is 0.126 e. The van der Waals surface area contributed by atoms with E-state index in [0.717, 1.165) is 24.3 Å². The van der Waals surface area contributed by atoms with Gasteiger partial charge in [0.2, 0.25) is 0 Å². The van der Waals surface area contributed by atoms with Crippen LogP contribution < -0.4 is 10.1 Å². The van der Waals surface area contributed by atoms with Gasteiger partial charge in [-0.1, -0.05) is 48.5 Å². The molecule has 1 N–H and O–H groups in total. The molecule has 1 heterocycles. The number of para-hydroxylation sites is 1. The summed E-state index contributed by atoms with van der Waals surface area (Å²) in [6, 6.07) is 21.2. The first-order valence-corrected chi connectivity index (χ1v) is 8.63. The fraction of sp³-hybridized carbons (Fsp3) is 0.227. The van der Waals surface area contributed by atoms with Gasteiger partial charge in [-0.3, -0.25) is 4.98 Å². The molecule has 25 heavy (non-hydrogen) atoms. The lowest BCUT2D eigenvalue weighted by atomic mass is 10.0. The summed E-state index contributed by atoms with van der Waals surface area (Å²) in [5.74, 6) is 0.901. The largest absolute Gasteiger partial charge is 0.496 e. The molecule has 1 atom stereocenters. The molecule has 0 aliphatic rings. The summed E-state index contributed by atoms with van der Waals surface area (Å²) in [4.78, 5) is 4.16. The maximum atomic E-state index is 5.46. The number of pyridine rings is 1. The molecule has 0 fully saturated rings. The Morgan fingerprint density at radius 3 is 2.52 bits per heavy atom. The van der Waals surface area contributed by atoms with Gasteiger partial charge in [-0.15, -0.1) is 0 Å². The number of aromatic nitrogens is 1. The van der Waals surface area contributed by atoms with Crippen molar-refractivity contribution in [3.63, 3.8) is 0 Å². The molecular formula is C22H24N2O. The van der Waals surface area contributed by atoms with Gasteiger partial charge in [-0.25, -0.2) is 0 Å². The predicted octanol–water partition coefficient (Wildman–Crippen LogP) is 4.65. The maximum Gasteiger partial charge on any atom is 0.126 e. The summed E-state index contributed by atoms with van der Waals surface area (Å²) in [5.41, 5.74) is 4.83. The predicted molar refractivity (Wildman–Crippen MR) is 103 cm³/mol. The average molecular weight is 332 g/mol. The van der Waals surface area contributed by atoms with E-state index in [0.29, 0.717) is 6.04 Å². The van der Waals surface area contributed by atoms with Crippen LogP contribution in [0, 0.1) is 0 Å². The molecule has 0 spiro atoms. The minimum Gasteiger partial charge on any atom is -0.496 e. The first-order valence-electron chi connectivity index (χ1n) is 8.63. The summed E-state index contributed by atoms with van der Waals surface area (Å²) in [6.07, 6.45) is 4.72. The molecule has 0 radical (unpaired) electrons. The average Bonchev–Trinajstić information content (AvgIpc) is 2.69. The van der Waals surface area contributed by atoms with Crippen molar-refractivity contribution < 1.29 is 4.74 Å². The van der Waals surface area contributed by atoms with Crippen LogP contribution in [0.4, 0.5) is 0 Å². The number of hydrogen-bond acceptors (Lipinski definition) is 3. The fourth-order valence-electron chi connectivity index (χ4n) is 2.93. The van der Waals surface area contributed by atoms with Gasteiger partial charge in [0.05, 0.1) is 7.11 Å². The van der Waals surface area contributed by atoms with Gasteiger partial charge < -0.3 is 10.1 Å². The molecule has 128 valence electrons. The zero-order valence-corrected chi connectivity index (χ0v) is 14.8. The Hall–Kier alpha value is -2.65. The van der Waals surface area contributed by atoms with Gasteiger partial charge in [0.25, 0.3) is 0 Å². The fourth-order valence-corrected chi connectivity index (χ4v) is 2.93. The van der Waals surface area contributed by atoms with Crippen LogP contribution in [-0.4, -0.2) is 18.6 Å². The van der Waals surface area contributed by atoms with E-state index in [1.807, 2.05) is 36.7 Å². The first kappa shape index (κ1) is 17.2. The third kappa shape index (κ3) is 4.46. The standard InChI is InChI=1S/C22H24N2O/c1-17(24-15-13-18-6-5-14-23-16-18)19-9-11-20(12-10-19)21-7-3-4-8-22(21)25-2/h3-12,14,16-17,24H,13,15H2,1-2H3. The van der Waals surface area contributed by atoms with E-state index >= 15 is 0 Å². The Bertz CT molecular complexity index is 785. The van der Waals surface area contributed by atoms with Crippen LogP contribution in [0.2, 0.25) is 0 Å². The van der Waals surface area contributed by atoms with Gasteiger partial charge in [-0.05, 0) is 48.7 Å². The van der Waals surface area contributed by atoms with Crippen molar-refractivity contribution in [1.82, 2.24) is 10.3 Å². The molecule has 0 aliphatic heterocycles. The number of ether oxygens (including phenoxy) is 1. The van der Waals surface area contributed by atoms with Crippen molar-refractivity contribution in [2.45, 2.75) is 19.4 Å². The van der Waals surface area contributed by atoms with Crippen molar-refractivity contribution in [3.8, 4) is 16.9 Å². The van der Waals surface area contributed by atoms with Crippen LogP contribution in [0.15, 0.2) is 73.1 Å².